The van der Waals surface area contributed by atoms with Gasteiger partial charge in [0, 0.05) is 19.1 Å². The molecule has 1 atom stereocenters. The quantitative estimate of drug-likeness (QED) is 0.915. The molecule has 0 bridgehead atoms. The van der Waals surface area contributed by atoms with Crippen LogP contribution < -0.4 is 5.32 Å². The van der Waals surface area contributed by atoms with E-state index in [1.54, 1.807) is 0 Å². The Bertz CT molecular complexity index is 507. The van der Waals surface area contributed by atoms with Gasteiger partial charge in [0.05, 0.1) is 5.41 Å². The fraction of sp³-hybridized carbons (Fsp3) is 0.588. The van der Waals surface area contributed by atoms with Crippen LogP contribution in [0.5, 0.6) is 0 Å². The van der Waals surface area contributed by atoms with E-state index in [4.69, 9.17) is 0 Å². The molecule has 20 heavy (non-hydrogen) atoms. The maximum Gasteiger partial charge on any atom is 0.233 e. The molecule has 2 aliphatic rings. The van der Waals surface area contributed by atoms with Gasteiger partial charge in [-0.15, -0.1) is 0 Å². The van der Waals surface area contributed by atoms with E-state index in [9.17, 15) is 4.79 Å². The number of benzene rings is 1. The molecule has 0 unspecified atom stereocenters. The van der Waals surface area contributed by atoms with Gasteiger partial charge in [-0.2, -0.15) is 0 Å². The Morgan fingerprint density at radius 2 is 2.10 bits per heavy atom. The van der Waals surface area contributed by atoms with Crippen LogP contribution in [0.2, 0.25) is 0 Å². The molecule has 1 aromatic carbocycles. The molecule has 0 radical (unpaired) electrons. The fourth-order valence-corrected chi connectivity index (χ4v) is 3.53. The zero-order chi connectivity index (χ0) is 14.2. The second-order valence-corrected chi connectivity index (χ2v) is 6.28. The van der Waals surface area contributed by atoms with E-state index in [0.717, 1.165) is 32.4 Å². The molecule has 3 heteroatoms. The molecule has 3 nitrogen and oxygen atoms in total. The summed E-state index contributed by atoms with van der Waals surface area (Å²) in [5, 5.41) is 3.32. The summed E-state index contributed by atoms with van der Waals surface area (Å²) in [6.07, 6.45) is 4.31. The van der Waals surface area contributed by atoms with Crippen LogP contribution in [0, 0.1) is 6.92 Å². The maximum absolute atomic E-state index is 13.0. The topological polar surface area (TPSA) is 32.3 Å². The van der Waals surface area contributed by atoms with Gasteiger partial charge >= 0.3 is 0 Å². The molecule has 0 aromatic heterocycles. The third-order valence-electron chi connectivity index (χ3n) is 4.94. The standard InChI is InChI=1S/C17H24N2O/c1-13-6-3-4-8-15(13)17(9-10-17)16(20)19-11-5-7-14(12-19)18-2/h3-4,6,8,14,18H,5,7,9-12H2,1-2H3/t14-/m1/s1. The van der Waals surface area contributed by atoms with Crippen LogP contribution in [0.25, 0.3) is 0 Å². The highest BCUT2D eigenvalue weighted by Gasteiger charge is 2.53. The van der Waals surface area contributed by atoms with Gasteiger partial charge in [-0.3, -0.25) is 4.79 Å². The minimum atomic E-state index is -0.207. The fourth-order valence-electron chi connectivity index (χ4n) is 3.53. The van der Waals surface area contributed by atoms with Crippen LogP contribution in [0.3, 0.4) is 0 Å². The number of carbonyl (C=O) groups excluding carboxylic acids is 1. The Morgan fingerprint density at radius 3 is 2.75 bits per heavy atom. The molecule has 1 aliphatic carbocycles. The van der Waals surface area contributed by atoms with Crippen LogP contribution >= 0.6 is 0 Å². The van der Waals surface area contributed by atoms with Crippen molar-refractivity contribution in [3.05, 3.63) is 35.4 Å². The van der Waals surface area contributed by atoms with Crippen LogP contribution in [0.4, 0.5) is 0 Å². The predicted molar refractivity (Wildman–Crippen MR) is 80.8 cm³/mol. The lowest BCUT2D eigenvalue weighted by Gasteiger charge is -2.35. The molecular weight excluding hydrogens is 248 g/mol. The number of carbonyl (C=O) groups is 1. The largest absolute Gasteiger partial charge is 0.340 e. The van der Waals surface area contributed by atoms with Crippen molar-refractivity contribution in [1.29, 1.82) is 0 Å². The van der Waals surface area contributed by atoms with Crippen LogP contribution in [0.1, 0.15) is 36.8 Å². The van der Waals surface area contributed by atoms with Gasteiger partial charge < -0.3 is 10.2 Å². The van der Waals surface area contributed by atoms with Crippen molar-refractivity contribution in [3.63, 3.8) is 0 Å². The van der Waals surface area contributed by atoms with Crippen molar-refractivity contribution in [3.8, 4) is 0 Å². The highest BCUT2D eigenvalue weighted by molar-refractivity contribution is 5.91. The van der Waals surface area contributed by atoms with Crippen molar-refractivity contribution in [1.82, 2.24) is 10.2 Å². The van der Waals surface area contributed by atoms with E-state index in [1.165, 1.54) is 17.5 Å². The summed E-state index contributed by atoms with van der Waals surface area (Å²) in [5.41, 5.74) is 2.29. The minimum absolute atomic E-state index is 0.207. The Morgan fingerprint density at radius 1 is 1.35 bits per heavy atom. The summed E-state index contributed by atoms with van der Waals surface area (Å²) < 4.78 is 0. The van der Waals surface area contributed by atoms with Crippen LogP contribution in [-0.2, 0) is 10.2 Å². The molecule has 3 rings (SSSR count). The summed E-state index contributed by atoms with van der Waals surface area (Å²) in [6, 6.07) is 8.83. The first kappa shape index (κ1) is 13.6. The molecule has 1 aromatic rings. The lowest BCUT2D eigenvalue weighted by atomic mass is 9.89. The SMILES string of the molecule is CN[C@@H]1CCCN(C(=O)C2(c3ccccc3C)CC2)C1. The third kappa shape index (κ3) is 2.24. The molecule has 108 valence electrons. The molecular formula is C17H24N2O. The number of nitrogens with one attached hydrogen (secondary N) is 1. The van der Waals surface area contributed by atoms with Crippen LogP contribution in [0.15, 0.2) is 24.3 Å². The van der Waals surface area contributed by atoms with Gasteiger partial charge in [0.25, 0.3) is 0 Å². The normalized spacial score (nSPS) is 24.5. The second-order valence-electron chi connectivity index (χ2n) is 6.28. The molecule has 1 aliphatic heterocycles. The second kappa shape index (κ2) is 5.21. The van der Waals surface area contributed by atoms with Gasteiger partial charge in [0.1, 0.15) is 0 Å². The van der Waals surface area contributed by atoms with Crippen LogP contribution in [-0.4, -0.2) is 37.0 Å². The lowest BCUT2D eigenvalue weighted by Crippen LogP contribution is -2.50. The summed E-state index contributed by atoms with van der Waals surface area (Å²) in [7, 11) is 1.99. The summed E-state index contributed by atoms with van der Waals surface area (Å²) in [4.78, 5) is 15.1. The first-order valence-corrected chi connectivity index (χ1v) is 7.70. The highest BCUT2D eigenvalue weighted by atomic mass is 16.2. The number of likely N-dealkylation sites (N-methyl/N-ethyl adjacent to an activating group) is 1. The van der Waals surface area contributed by atoms with Gasteiger partial charge in [0.15, 0.2) is 0 Å². The van der Waals surface area contributed by atoms with Gasteiger partial charge in [-0.25, -0.2) is 0 Å². The number of hydrogen-bond acceptors (Lipinski definition) is 2. The van der Waals surface area contributed by atoms with Gasteiger partial charge in [-0.05, 0) is 50.8 Å². The predicted octanol–water partition coefficient (Wildman–Crippen LogP) is 2.24. The summed E-state index contributed by atoms with van der Waals surface area (Å²) in [5.74, 6) is 0.353. The Labute approximate surface area is 121 Å². The highest BCUT2D eigenvalue weighted by Crippen LogP contribution is 2.50. The molecule has 1 heterocycles. The third-order valence-corrected chi connectivity index (χ3v) is 4.94. The first-order chi connectivity index (χ1) is 9.67. The molecule has 1 saturated heterocycles. The van der Waals surface area contributed by atoms with Crippen molar-refractivity contribution in [2.24, 2.45) is 0 Å². The smallest absolute Gasteiger partial charge is 0.233 e. The van der Waals surface area contributed by atoms with Gasteiger partial charge in [0.2, 0.25) is 5.91 Å². The number of aryl methyl sites for hydroxylation is 1. The van der Waals surface area contributed by atoms with E-state index >= 15 is 0 Å². The Balaban J connectivity index is 1.82. The summed E-state index contributed by atoms with van der Waals surface area (Å²) in [6.45, 7) is 3.91. The van der Waals surface area contributed by atoms with E-state index in [2.05, 4.69) is 41.4 Å². The molecule has 1 N–H and O–H groups in total. The molecule has 1 amide bonds. The van der Waals surface area contributed by atoms with E-state index in [1.807, 2.05) is 7.05 Å². The number of rotatable bonds is 3. The molecule has 1 saturated carbocycles. The Hall–Kier alpha value is -1.35. The first-order valence-electron chi connectivity index (χ1n) is 7.70. The molecule has 2 fully saturated rings. The Kier molecular flexibility index (Phi) is 3.55. The molecule has 0 spiro atoms. The van der Waals surface area contributed by atoms with Crippen molar-refractivity contribution >= 4 is 5.91 Å². The average molecular weight is 272 g/mol. The van der Waals surface area contributed by atoms with E-state index in [-0.39, 0.29) is 5.41 Å². The average Bonchev–Trinajstić information content (AvgIpc) is 3.28. The van der Waals surface area contributed by atoms with E-state index < -0.39 is 0 Å². The monoisotopic (exact) mass is 272 g/mol. The van der Waals surface area contributed by atoms with Crippen molar-refractivity contribution < 1.29 is 4.79 Å². The number of likely N-dealkylation sites (tertiary alicyclic amines) is 1. The summed E-state index contributed by atoms with van der Waals surface area (Å²) >= 11 is 0. The maximum atomic E-state index is 13.0. The number of nitrogens with zero attached hydrogens (tertiary/aromatic N) is 1. The lowest BCUT2D eigenvalue weighted by molar-refractivity contribution is -0.135. The van der Waals surface area contributed by atoms with Crippen molar-refractivity contribution in [2.45, 2.75) is 44.1 Å². The zero-order valence-electron chi connectivity index (χ0n) is 12.5. The number of amides is 1. The minimum Gasteiger partial charge on any atom is -0.340 e. The van der Waals surface area contributed by atoms with E-state index in [0.29, 0.717) is 11.9 Å². The number of piperidine rings is 1. The zero-order valence-corrected chi connectivity index (χ0v) is 12.5. The van der Waals surface area contributed by atoms with Crippen molar-refractivity contribution in [2.75, 3.05) is 20.1 Å². The van der Waals surface area contributed by atoms with Gasteiger partial charge in [-0.1, -0.05) is 24.3 Å². The number of hydrogen-bond donors (Lipinski definition) is 1.